The third-order valence-corrected chi connectivity index (χ3v) is 6.71. The van der Waals surface area contributed by atoms with Gasteiger partial charge in [-0.3, -0.25) is 0 Å². The molecule has 160 valence electrons. The van der Waals surface area contributed by atoms with Crippen molar-refractivity contribution in [1.82, 2.24) is 0 Å². The van der Waals surface area contributed by atoms with Gasteiger partial charge in [-0.1, -0.05) is 6.58 Å². The summed E-state index contributed by atoms with van der Waals surface area (Å²) < 4.78 is 85.5. The second kappa shape index (κ2) is 6.64. The van der Waals surface area contributed by atoms with E-state index in [9.17, 15) is 36.2 Å². The zero-order valence-electron chi connectivity index (χ0n) is 15.5. The molecule has 4 aliphatic rings. The third kappa shape index (κ3) is 3.55. The molecular formula is C19H24F6O3. The van der Waals surface area contributed by atoms with Gasteiger partial charge >= 0.3 is 18.3 Å². The highest BCUT2D eigenvalue weighted by Gasteiger charge is 2.76. The molecule has 3 nitrogen and oxygen atoms in total. The maximum atomic E-state index is 13.5. The van der Waals surface area contributed by atoms with Crippen molar-refractivity contribution in [2.75, 3.05) is 0 Å². The van der Waals surface area contributed by atoms with Crippen LogP contribution < -0.4 is 0 Å². The van der Waals surface area contributed by atoms with Crippen LogP contribution in [0.4, 0.5) is 26.3 Å². The van der Waals surface area contributed by atoms with E-state index in [4.69, 9.17) is 0 Å². The normalized spacial score (nSPS) is 33.6. The topological polar surface area (TPSA) is 46.5 Å². The average molecular weight is 414 g/mol. The molecule has 0 aromatic carbocycles. The molecule has 0 radical (unpaired) electrons. The van der Waals surface area contributed by atoms with Crippen molar-refractivity contribution in [1.29, 1.82) is 0 Å². The molecule has 1 unspecified atom stereocenters. The second-order valence-electron chi connectivity index (χ2n) is 9.06. The lowest BCUT2D eigenvalue weighted by Gasteiger charge is -2.58. The summed E-state index contributed by atoms with van der Waals surface area (Å²) in [6, 6.07) is 0. The summed E-state index contributed by atoms with van der Waals surface area (Å²) in [6.45, 7) is 4.35. The van der Waals surface area contributed by atoms with Crippen LogP contribution in [0, 0.1) is 23.2 Å². The van der Waals surface area contributed by atoms with E-state index in [-0.39, 0.29) is 23.3 Å². The molecule has 28 heavy (non-hydrogen) atoms. The maximum Gasteiger partial charge on any atom is 0.430 e. The van der Waals surface area contributed by atoms with Gasteiger partial charge in [0.2, 0.25) is 0 Å². The molecule has 0 aliphatic heterocycles. The number of carbonyl (C=O) groups excluding carboxylic acids is 1. The van der Waals surface area contributed by atoms with Crippen molar-refractivity contribution < 1.29 is 41.0 Å². The molecule has 1 atom stereocenters. The molecule has 0 amide bonds. The molecule has 4 rings (SSSR count). The van der Waals surface area contributed by atoms with Crippen molar-refractivity contribution in [3.8, 4) is 0 Å². The Morgan fingerprint density at radius 2 is 1.43 bits per heavy atom. The monoisotopic (exact) mass is 414 g/mol. The highest BCUT2D eigenvalue weighted by molar-refractivity contribution is 5.87. The average Bonchev–Trinajstić information content (AvgIpc) is 2.49. The van der Waals surface area contributed by atoms with Crippen LogP contribution in [0.5, 0.6) is 0 Å². The molecule has 4 bridgehead atoms. The summed E-state index contributed by atoms with van der Waals surface area (Å²) in [7, 11) is 0. The van der Waals surface area contributed by atoms with Crippen LogP contribution in [0.25, 0.3) is 0 Å². The number of hydrogen-bond donors (Lipinski definition) is 1. The van der Waals surface area contributed by atoms with Crippen LogP contribution in [-0.4, -0.2) is 35.1 Å². The SMILES string of the molecule is C=C(C)C(=O)OC(CC12CC3CC(CC(C3)C1)C2)C(O)(C(F)(F)F)C(F)(F)F. The Balaban J connectivity index is 1.97. The number of rotatable bonds is 5. The van der Waals surface area contributed by atoms with Crippen molar-refractivity contribution >= 4 is 5.97 Å². The first-order valence-electron chi connectivity index (χ1n) is 9.39. The summed E-state index contributed by atoms with van der Waals surface area (Å²) in [5.74, 6) is -0.558. The van der Waals surface area contributed by atoms with Crippen LogP contribution in [-0.2, 0) is 9.53 Å². The number of carbonyl (C=O) groups is 1. The van der Waals surface area contributed by atoms with Gasteiger partial charge in [-0.15, -0.1) is 0 Å². The fourth-order valence-corrected chi connectivity index (χ4v) is 5.96. The van der Waals surface area contributed by atoms with Crippen LogP contribution in [0.2, 0.25) is 0 Å². The Hall–Kier alpha value is -1.25. The van der Waals surface area contributed by atoms with Gasteiger partial charge in [-0.05, 0) is 75.0 Å². The molecule has 0 heterocycles. The van der Waals surface area contributed by atoms with E-state index in [1.54, 1.807) is 0 Å². The Labute approximate surface area is 159 Å². The molecular weight excluding hydrogens is 390 g/mol. The van der Waals surface area contributed by atoms with Gasteiger partial charge < -0.3 is 9.84 Å². The number of ether oxygens (including phenoxy) is 1. The van der Waals surface area contributed by atoms with Gasteiger partial charge in [0, 0.05) is 5.57 Å². The zero-order valence-corrected chi connectivity index (χ0v) is 15.5. The van der Waals surface area contributed by atoms with E-state index in [1.807, 2.05) is 0 Å². The summed E-state index contributed by atoms with van der Waals surface area (Å²) in [5.41, 5.74) is -6.24. The summed E-state index contributed by atoms with van der Waals surface area (Å²) in [5, 5.41) is 9.92. The predicted molar refractivity (Wildman–Crippen MR) is 87.0 cm³/mol. The van der Waals surface area contributed by atoms with Gasteiger partial charge in [0.05, 0.1) is 0 Å². The van der Waals surface area contributed by atoms with E-state index >= 15 is 0 Å². The van der Waals surface area contributed by atoms with Gasteiger partial charge in [0.15, 0.2) is 0 Å². The Bertz CT molecular complexity index is 602. The van der Waals surface area contributed by atoms with E-state index < -0.39 is 41.9 Å². The molecule has 0 aromatic rings. The lowest BCUT2D eigenvalue weighted by molar-refractivity contribution is -0.393. The Kier molecular flexibility index (Phi) is 5.09. The third-order valence-electron chi connectivity index (χ3n) is 6.71. The molecule has 4 saturated carbocycles. The molecule has 0 spiro atoms. The molecule has 4 fully saturated rings. The predicted octanol–water partition coefficient (Wildman–Crippen LogP) is 4.94. The molecule has 9 heteroatoms. The molecule has 0 saturated heterocycles. The summed E-state index contributed by atoms with van der Waals surface area (Å²) >= 11 is 0. The lowest BCUT2D eigenvalue weighted by atomic mass is 9.48. The zero-order chi connectivity index (χ0) is 21.1. The highest BCUT2D eigenvalue weighted by atomic mass is 19.4. The van der Waals surface area contributed by atoms with Gasteiger partial charge in [0.25, 0.3) is 5.60 Å². The molecule has 0 aromatic heterocycles. The minimum absolute atomic E-state index is 0.272. The van der Waals surface area contributed by atoms with E-state index in [0.717, 1.165) is 26.2 Å². The minimum atomic E-state index is -6.05. The largest absolute Gasteiger partial charge is 0.455 e. The van der Waals surface area contributed by atoms with Crippen LogP contribution in [0.15, 0.2) is 12.2 Å². The Morgan fingerprint density at radius 1 is 1.04 bits per heavy atom. The van der Waals surface area contributed by atoms with E-state index in [1.165, 1.54) is 0 Å². The Morgan fingerprint density at radius 3 is 1.75 bits per heavy atom. The standard InChI is InChI=1S/C19H24F6O3/c1-10(2)15(26)28-14(17(27,18(20,21)22)19(23,24)25)9-16-6-11-3-12(7-16)5-13(4-11)8-16/h11-14,27H,1,3-9H2,2H3. The minimum Gasteiger partial charge on any atom is -0.455 e. The number of aliphatic hydroxyl groups is 1. The van der Waals surface area contributed by atoms with Crippen LogP contribution >= 0.6 is 0 Å². The summed E-state index contributed by atoms with van der Waals surface area (Å²) in [6.07, 6.45) is -11.2. The molecule has 1 N–H and O–H groups in total. The van der Waals surface area contributed by atoms with Crippen molar-refractivity contribution in [2.45, 2.75) is 75.9 Å². The smallest absolute Gasteiger partial charge is 0.430 e. The summed E-state index contributed by atoms with van der Waals surface area (Å²) in [4.78, 5) is 11.9. The van der Waals surface area contributed by atoms with Gasteiger partial charge in [-0.2, -0.15) is 26.3 Å². The van der Waals surface area contributed by atoms with Crippen molar-refractivity contribution in [3.05, 3.63) is 12.2 Å². The first-order chi connectivity index (χ1) is 12.7. The van der Waals surface area contributed by atoms with Crippen LogP contribution in [0.1, 0.15) is 51.9 Å². The second-order valence-corrected chi connectivity index (χ2v) is 9.06. The highest BCUT2D eigenvalue weighted by Crippen LogP contribution is 2.63. The number of hydrogen-bond acceptors (Lipinski definition) is 3. The number of alkyl halides is 6. The van der Waals surface area contributed by atoms with Gasteiger partial charge in [0.1, 0.15) is 6.10 Å². The van der Waals surface area contributed by atoms with Crippen LogP contribution in [0.3, 0.4) is 0 Å². The first-order valence-corrected chi connectivity index (χ1v) is 9.39. The van der Waals surface area contributed by atoms with Crippen molar-refractivity contribution in [3.63, 3.8) is 0 Å². The van der Waals surface area contributed by atoms with E-state index in [2.05, 4.69) is 11.3 Å². The maximum absolute atomic E-state index is 13.5. The number of esters is 1. The fourth-order valence-electron chi connectivity index (χ4n) is 5.96. The van der Waals surface area contributed by atoms with Crippen molar-refractivity contribution in [2.24, 2.45) is 23.2 Å². The first kappa shape index (κ1) is 21.5. The van der Waals surface area contributed by atoms with Gasteiger partial charge in [-0.25, -0.2) is 4.79 Å². The quantitative estimate of drug-likeness (QED) is 0.394. The lowest BCUT2D eigenvalue weighted by Crippen LogP contribution is -2.66. The fraction of sp³-hybridized carbons (Fsp3) is 0.842. The van der Waals surface area contributed by atoms with E-state index in [0.29, 0.717) is 19.3 Å². The number of halogens is 6. The molecule has 4 aliphatic carbocycles.